The van der Waals surface area contributed by atoms with Crippen molar-refractivity contribution >= 4 is 29.1 Å². The fourth-order valence-electron chi connectivity index (χ4n) is 1.34. The molecule has 1 N–H and O–H groups in total. The van der Waals surface area contributed by atoms with Crippen LogP contribution in [0.4, 0.5) is 5.69 Å². The first-order chi connectivity index (χ1) is 8.16. The summed E-state index contributed by atoms with van der Waals surface area (Å²) in [5.41, 5.74) is 0.145. The van der Waals surface area contributed by atoms with Crippen LogP contribution in [0.3, 0.4) is 0 Å². The Bertz CT molecular complexity index is 505. The number of nitrogens with zero attached hydrogens (tertiary/aromatic N) is 1. The predicted octanol–water partition coefficient (Wildman–Crippen LogP) is 4.18. The molecule has 0 aromatic heterocycles. The second-order valence-electron chi connectivity index (χ2n) is 3.30. The van der Waals surface area contributed by atoms with Crippen LogP contribution < -0.4 is 5.23 Å². The highest BCUT2D eigenvalue weighted by molar-refractivity contribution is 7.99. The molecule has 0 fully saturated rings. The van der Waals surface area contributed by atoms with Crippen LogP contribution in [-0.2, 0) is 0 Å². The number of halogens is 1. The first-order valence-corrected chi connectivity index (χ1v) is 6.05. The van der Waals surface area contributed by atoms with Gasteiger partial charge in [0.15, 0.2) is 0 Å². The fraction of sp³-hybridized carbons (Fsp3) is 0. The second-order valence-corrected chi connectivity index (χ2v) is 4.85. The average Bonchev–Trinajstić information content (AvgIpc) is 2.32. The van der Waals surface area contributed by atoms with Crippen molar-refractivity contribution in [1.29, 1.82) is 0 Å². The molecule has 0 aliphatic heterocycles. The molecule has 0 heterocycles. The molecule has 0 aliphatic carbocycles. The summed E-state index contributed by atoms with van der Waals surface area (Å²) in [5.74, 6) is 0. The molecule has 0 saturated carbocycles. The summed E-state index contributed by atoms with van der Waals surface area (Å²) in [6.45, 7) is 0. The lowest BCUT2D eigenvalue weighted by atomic mass is 10.3. The van der Waals surface area contributed by atoms with Gasteiger partial charge in [-0.2, -0.15) is 0 Å². The maximum atomic E-state index is 11.0. The molecule has 88 valence electrons. The highest BCUT2D eigenvalue weighted by atomic mass is 35.5. The maximum absolute atomic E-state index is 11.0. The molecular weight excluding hydrogens is 258 g/mol. The third kappa shape index (κ3) is 3.14. The van der Waals surface area contributed by atoms with E-state index in [1.54, 1.807) is 12.1 Å². The molecule has 3 nitrogen and oxygen atoms in total. The van der Waals surface area contributed by atoms with Gasteiger partial charge in [-0.05, 0) is 30.3 Å². The van der Waals surface area contributed by atoms with Gasteiger partial charge in [0.1, 0.15) is 0 Å². The van der Waals surface area contributed by atoms with E-state index < -0.39 is 0 Å². The predicted molar refractivity (Wildman–Crippen MR) is 69.6 cm³/mol. The Morgan fingerprint density at radius 1 is 1.12 bits per heavy atom. The summed E-state index contributed by atoms with van der Waals surface area (Å²) >= 11 is 7.17. The van der Waals surface area contributed by atoms with Crippen LogP contribution in [0.1, 0.15) is 0 Å². The van der Waals surface area contributed by atoms with E-state index in [0.29, 0.717) is 9.92 Å². The first-order valence-electron chi connectivity index (χ1n) is 4.85. The van der Waals surface area contributed by atoms with Gasteiger partial charge >= 0.3 is 0 Å². The van der Waals surface area contributed by atoms with Gasteiger partial charge in [0.25, 0.3) is 0 Å². The molecule has 0 bridgehead atoms. The minimum atomic E-state index is -0.169. The van der Waals surface area contributed by atoms with E-state index in [1.165, 1.54) is 17.8 Å². The smallest absolute Gasteiger partial charge is 0.0663 e. The molecule has 5 heteroatoms. The third-order valence-electron chi connectivity index (χ3n) is 2.10. The lowest BCUT2D eigenvalue weighted by Gasteiger charge is -2.24. The van der Waals surface area contributed by atoms with Gasteiger partial charge in [-0.3, -0.25) is 5.21 Å². The highest BCUT2D eigenvalue weighted by Crippen LogP contribution is 2.36. The highest BCUT2D eigenvalue weighted by Gasteiger charge is 2.06. The van der Waals surface area contributed by atoms with E-state index in [0.717, 1.165) is 4.90 Å². The number of rotatable bonds is 3. The summed E-state index contributed by atoms with van der Waals surface area (Å²) in [6, 6.07) is 14.4. The Morgan fingerprint density at radius 2 is 1.82 bits per heavy atom. The Hall–Kier alpha value is -1.20. The van der Waals surface area contributed by atoms with Gasteiger partial charge < -0.3 is 10.4 Å². The molecule has 0 amide bonds. The monoisotopic (exact) mass is 266 g/mol. The number of benzene rings is 2. The Labute approximate surface area is 108 Å². The Morgan fingerprint density at radius 3 is 2.47 bits per heavy atom. The fourth-order valence-corrected chi connectivity index (χ4v) is 2.43. The van der Waals surface area contributed by atoms with Gasteiger partial charge in [0, 0.05) is 14.8 Å². The minimum absolute atomic E-state index is 0.145. The van der Waals surface area contributed by atoms with Crippen molar-refractivity contribution in [2.24, 2.45) is 0 Å². The van der Waals surface area contributed by atoms with E-state index >= 15 is 0 Å². The molecule has 0 unspecified atom stereocenters. The van der Waals surface area contributed by atoms with E-state index in [-0.39, 0.29) is 10.9 Å². The van der Waals surface area contributed by atoms with Crippen molar-refractivity contribution in [1.82, 2.24) is 0 Å². The van der Waals surface area contributed by atoms with Crippen LogP contribution in [0.5, 0.6) is 0 Å². The van der Waals surface area contributed by atoms with Crippen LogP contribution in [0.15, 0.2) is 58.3 Å². The van der Waals surface area contributed by atoms with E-state index in [2.05, 4.69) is 0 Å². The van der Waals surface area contributed by atoms with Gasteiger partial charge in [-0.15, -0.1) is 0 Å². The molecule has 0 radical (unpaired) electrons. The van der Waals surface area contributed by atoms with Crippen LogP contribution in [-0.4, -0.2) is 5.21 Å². The molecule has 0 spiro atoms. The van der Waals surface area contributed by atoms with Crippen molar-refractivity contribution in [3.63, 3.8) is 0 Å². The largest absolute Gasteiger partial charge is 0.733 e. The Kier molecular flexibility index (Phi) is 3.91. The summed E-state index contributed by atoms with van der Waals surface area (Å²) in [5, 5.41) is 20.3. The standard InChI is InChI=1S/C12H9ClNO2S/c13-9-6-7-12(11(8-9)14(15)16)17-10-4-2-1-3-5-10/h1-8,15H/q-1. The summed E-state index contributed by atoms with van der Waals surface area (Å²) in [7, 11) is 0. The van der Waals surface area contributed by atoms with Crippen molar-refractivity contribution in [3.05, 3.63) is 58.8 Å². The summed E-state index contributed by atoms with van der Waals surface area (Å²) < 4.78 is 0. The minimum Gasteiger partial charge on any atom is -0.733 e. The second kappa shape index (κ2) is 5.42. The summed E-state index contributed by atoms with van der Waals surface area (Å²) in [4.78, 5) is 1.64. The van der Waals surface area contributed by atoms with Gasteiger partial charge in [0.2, 0.25) is 0 Å². The van der Waals surface area contributed by atoms with E-state index in [9.17, 15) is 5.21 Å². The van der Waals surface area contributed by atoms with Crippen LogP contribution in [0.25, 0.3) is 0 Å². The molecule has 2 aromatic rings. The molecule has 2 aromatic carbocycles. The van der Waals surface area contributed by atoms with Crippen LogP contribution in [0, 0.1) is 5.21 Å². The van der Waals surface area contributed by atoms with E-state index in [4.69, 9.17) is 16.8 Å². The molecular formula is C12H9ClNO2S-. The zero-order valence-corrected chi connectivity index (χ0v) is 10.3. The molecule has 2 rings (SSSR count). The lowest BCUT2D eigenvalue weighted by molar-refractivity contribution is 0.294. The average molecular weight is 267 g/mol. The van der Waals surface area contributed by atoms with Gasteiger partial charge in [0.05, 0.1) is 5.69 Å². The normalized spacial score (nSPS) is 10.3. The zero-order valence-electron chi connectivity index (χ0n) is 8.71. The number of anilines is 1. The van der Waals surface area contributed by atoms with Crippen molar-refractivity contribution in [2.45, 2.75) is 9.79 Å². The SMILES string of the molecule is [O-]N(O)c1cc(Cl)ccc1Sc1ccccc1. The zero-order chi connectivity index (χ0) is 12.3. The number of hydrogen-bond donors (Lipinski definition) is 1. The third-order valence-corrected chi connectivity index (χ3v) is 3.41. The topological polar surface area (TPSA) is 46.5 Å². The first kappa shape index (κ1) is 12.3. The van der Waals surface area contributed by atoms with Crippen molar-refractivity contribution in [3.8, 4) is 0 Å². The van der Waals surface area contributed by atoms with E-state index in [1.807, 2.05) is 30.3 Å². The molecule has 0 saturated heterocycles. The van der Waals surface area contributed by atoms with Gasteiger partial charge in [-0.1, -0.05) is 41.6 Å². The Balaban J connectivity index is 2.33. The maximum Gasteiger partial charge on any atom is 0.0663 e. The lowest BCUT2D eigenvalue weighted by Crippen LogP contribution is -2.08. The van der Waals surface area contributed by atoms with Gasteiger partial charge in [-0.25, -0.2) is 0 Å². The quantitative estimate of drug-likeness (QED) is 0.847. The van der Waals surface area contributed by atoms with Crippen LogP contribution in [0.2, 0.25) is 5.02 Å². The summed E-state index contributed by atoms with van der Waals surface area (Å²) in [6.07, 6.45) is 0. The molecule has 0 atom stereocenters. The molecule has 17 heavy (non-hydrogen) atoms. The van der Waals surface area contributed by atoms with Crippen LogP contribution >= 0.6 is 23.4 Å². The van der Waals surface area contributed by atoms with Crippen molar-refractivity contribution in [2.75, 3.05) is 5.23 Å². The molecule has 0 aliphatic rings. The number of hydrogen-bond acceptors (Lipinski definition) is 4. The van der Waals surface area contributed by atoms with Crippen molar-refractivity contribution < 1.29 is 5.21 Å².